The molecule has 6 heterocycles. The van der Waals surface area contributed by atoms with Crippen LogP contribution in [-0.4, -0.2) is 102 Å². The molecule has 4 saturated heterocycles. The van der Waals surface area contributed by atoms with E-state index in [1.165, 1.54) is 16.2 Å². The SMILES string of the molecule is CNC(=O)c1cccc(NC(=O)C2N[N+](C)(C3CCCC3)c3ccc(-c4ccc(N5CCCC5=O)cc4CN4CCC(C5CCN(c6ccc7c(c6)n(C)c(=O)n7C6CCC(=O)NC6=O)CC5)C(F)(F)C4)c(F)c32)c1. The molecule has 16 nitrogen and oxygen atoms in total. The molecule has 11 rings (SSSR count). The molecule has 394 valence electrons. The van der Waals surface area contributed by atoms with Crippen LogP contribution in [0.25, 0.3) is 22.2 Å². The van der Waals surface area contributed by atoms with Crippen LogP contribution >= 0.6 is 0 Å². The van der Waals surface area contributed by atoms with E-state index in [-0.39, 0.29) is 76.9 Å². The van der Waals surface area contributed by atoms with Crippen molar-refractivity contribution in [2.75, 3.05) is 61.9 Å². The van der Waals surface area contributed by atoms with E-state index in [0.29, 0.717) is 96.6 Å². The van der Waals surface area contributed by atoms with Crippen molar-refractivity contribution in [3.63, 3.8) is 0 Å². The van der Waals surface area contributed by atoms with E-state index in [1.54, 1.807) is 59.3 Å². The molecule has 4 N–H and O–H groups in total. The summed E-state index contributed by atoms with van der Waals surface area (Å²) in [5.74, 6) is -6.40. The Morgan fingerprint density at radius 3 is 2.29 bits per heavy atom. The second-order valence-electron chi connectivity index (χ2n) is 21.6. The minimum absolute atomic E-state index is 0.0319. The summed E-state index contributed by atoms with van der Waals surface area (Å²) in [5.41, 5.74) is 8.76. The zero-order chi connectivity index (χ0) is 52.5. The molecule has 0 bridgehead atoms. The topological polar surface area (TPSA) is 170 Å². The number of fused-ring (bicyclic) bond motifs is 2. The first-order valence-electron chi connectivity index (χ1n) is 26.5. The predicted molar refractivity (Wildman–Crippen MR) is 280 cm³/mol. The van der Waals surface area contributed by atoms with Crippen LogP contribution in [0.5, 0.6) is 0 Å². The Balaban J connectivity index is 0.834. The van der Waals surface area contributed by atoms with Gasteiger partial charge in [0.1, 0.15) is 17.9 Å². The van der Waals surface area contributed by atoms with Gasteiger partial charge in [0.25, 0.3) is 17.7 Å². The van der Waals surface area contributed by atoms with Crippen LogP contribution < -0.4 is 41.5 Å². The number of anilines is 3. The number of quaternary nitrogens is 1. The fourth-order valence-corrected chi connectivity index (χ4v) is 13.3. The Labute approximate surface area is 432 Å². The zero-order valence-electron chi connectivity index (χ0n) is 42.6. The van der Waals surface area contributed by atoms with Crippen molar-refractivity contribution in [3.8, 4) is 11.1 Å². The van der Waals surface area contributed by atoms with Crippen molar-refractivity contribution >= 4 is 63.3 Å². The van der Waals surface area contributed by atoms with Crippen LogP contribution in [0.1, 0.15) is 104 Å². The van der Waals surface area contributed by atoms with Crippen LogP contribution in [0.15, 0.2) is 77.6 Å². The van der Waals surface area contributed by atoms with Gasteiger partial charge in [-0.1, -0.05) is 12.1 Å². The monoisotopic (exact) mass is 1030 g/mol. The van der Waals surface area contributed by atoms with Crippen LogP contribution in [0.2, 0.25) is 0 Å². The lowest BCUT2D eigenvalue weighted by atomic mass is 9.76. The van der Waals surface area contributed by atoms with Gasteiger partial charge in [-0.3, -0.25) is 43.3 Å². The maximum absolute atomic E-state index is 17.9. The number of imidazole rings is 1. The molecule has 1 aromatic heterocycles. The lowest BCUT2D eigenvalue weighted by Gasteiger charge is -2.45. The van der Waals surface area contributed by atoms with Crippen molar-refractivity contribution in [2.45, 2.75) is 101 Å². The number of nitrogens with one attached hydrogen (secondary N) is 4. The first-order chi connectivity index (χ1) is 36.0. The first-order valence-corrected chi connectivity index (χ1v) is 26.5. The molecule has 75 heavy (non-hydrogen) atoms. The number of likely N-dealkylation sites (tertiary alicyclic amines) is 1. The van der Waals surface area contributed by atoms with E-state index in [4.69, 9.17) is 0 Å². The van der Waals surface area contributed by atoms with Crippen LogP contribution in [-0.2, 0) is 32.8 Å². The van der Waals surface area contributed by atoms with Crippen LogP contribution in [0.4, 0.5) is 35.9 Å². The van der Waals surface area contributed by atoms with Crippen LogP contribution in [0, 0.1) is 17.7 Å². The van der Waals surface area contributed by atoms with Crippen LogP contribution in [0.3, 0.4) is 0 Å². The molecular formula is C56H64F3N10O6+. The minimum Gasteiger partial charge on any atom is -0.371 e. The molecule has 5 fully saturated rings. The quantitative estimate of drug-likeness (QED) is 0.0800. The normalized spacial score (nSPS) is 24.5. The zero-order valence-corrected chi connectivity index (χ0v) is 42.6. The molecule has 6 aliphatic rings. The van der Waals surface area contributed by atoms with Gasteiger partial charge in [0.2, 0.25) is 17.7 Å². The lowest BCUT2D eigenvalue weighted by Crippen LogP contribution is -2.60. The first kappa shape index (κ1) is 50.3. The highest BCUT2D eigenvalue weighted by Gasteiger charge is 2.52. The van der Waals surface area contributed by atoms with Gasteiger partial charge in [0.15, 0.2) is 11.7 Å². The molecule has 4 unspecified atom stereocenters. The van der Waals surface area contributed by atoms with Gasteiger partial charge >= 0.3 is 5.69 Å². The van der Waals surface area contributed by atoms with E-state index in [2.05, 4.69) is 26.3 Å². The summed E-state index contributed by atoms with van der Waals surface area (Å²) in [6.07, 6.45) is 6.64. The molecule has 1 aliphatic carbocycles. The highest BCUT2D eigenvalue weighted by Crippen LogP contribution is 2.48. The number of hydrogen-bond donors (Lipinski definition) is 4. The molecule has 4 atom stereocenters. The third kappa shape index (κ3) is 9.09. The van der Waals surface area contributed by atoms with Crippen molar-refractivity contribution in [1.29, 1.82) is 0 Å². The summed E-state index contributed by atoms with van der Waals surface area (Å²) in [6, 6.07) is 19.4. The van der Waals surface area contributed by atoms with E-state index in [9.17, 15) is 28.8 Å². The van der Waals surface area contributed by atoms with Gasteiger partial charge in [-0.25, -0.2) is 22.6 Å². The van der Waals surface area contributed by atoms with Crippen molar-refractivity contribution in [2.24, 2.45) is 18.9 Å². The number of nitrogens with zero attached hydrogens (tertiary/aromatic N) is 6. The number of aryl methyl sites for hydroxylation is 1. The Morgan fingerprint density at radius 2 is 1.57 bits per heavy atom. The van der Waals surface area contributed by atoms with E-state index in [0.717, 1.165) is 31.4 Å². The fourth-order valence-electron chi connectivity index (χ4n) is 13.3. The van der Waals surface area contributed by atoms with Gasteiger partial charge < -0.3 is 20.4 Å². The average molecular weight is 1030 g/mol. The average Bonchev–Trinajstić information content (AvgIpc) is 4.26. The van der Waals surface area contributed by atoms with E-state index >= 15 is 13.2 Å². The molecule has 5 aromatic rings. The number of aromatic nitrogens is 2. The fraction of sp³-hybridized carbons (Fsp3) is 0.464. The Morgan fingerprint density at radius 1 is 0.813 bits per heavy atom. The number of imide groups is 1. The number of rotatable bonds is 11. The summed E-state index contributed by atoms with van der Waals surface area (Å²) in [6.45, 7) is 1.60. The summed E-state index contributed by atoms with van der Waals surface area (Å²) < 4.78 is 54.5. The highest BCUT2D eigenvalue weighted by molar-refractivity contribution is 6.01. The molecule has 0 spiro atoms. The number of benzene rings is 4. The second kappa shape index (κ2) is 19.7. The summed E-state index contributed by atoms with van der Waals surface area (Å²) in [5, 5.41) is 7.86. The third-order valence-corrected chi connectivity index (χ3v) is 17.2. The Kier molecular flexibility index (Phi) is 13.2. The highest BCUT2D eigenvalue weighted by atomic mass is 19.3. The summed E-state index contributed by atoms with van der Waals surface area (Å²) >= 11 is 0. The molecule has 5 aliphatic heterocycles. The number of piperidine rings is 3. The Bertz CT molecular complexity index is 3200. The Hall–Kier alpha value is -6.83. The van der Waals surface area contributed by atoms with Gasteiger partial charge in [0.05, 0.1) is 30.2 Å². The summed E-state index contributed by atoms with van der Waals surface area (Å²) in [7, 11) is 5.15. The third-order valence-electron chi connectivity index (χ3n) is 17.2. The number of carbonyl (C=O) groups excluding carboxylic acids is 5. The molecule has 4 aromatic carbocycles. The second-order valence-corrected chi connectivity index (χ2v) is 21.6. The van der Waals surface area contributed by atoms with E-state index in [1.807, 2.05) is 37.4 Å². The number of carbonyl (C=O) groups is 5. The standard InChI is InChI=1S/C56H63F3N10O6/c1-60-52(72)34-8-6-9-36(28-34)61-54(74)51-49-46(69(3,63-51)39-10-4-5-11-39)19-16-41(50(49)57)40-15-13-38(67-24-7-12-48(67)71)29-35(40)31-65-25-23-42(56(58,59)32-65)33-21-26-66(27-22-33)37-14-17-43-45(30-37)64(2)55(75)68(43)44-18-20-47(70)62-53(44)73/h6,8-9,13-17,19,28-30,33,39,42,44,51,63H,4-5,7,10-12,18,20-27,31-32H2,1-3H3,(H2-,60,61,62,70,72,73,74)/p+1. The number of amides is 5. The number of hydrogen-bond acceptors (Lipinski definition) is 9. The molecule has 0 radical (unpaired) electrons. The predicted octanol–water partition coefficient (Wildman–Crippen LogP) is 7.06. The molecule has 5 amide bonds. The van der Waals surface area contributed by atoms with Gasteiger partial charge in [0, 0.05) is 106 Å². The number of halogens is 3. The van der Waals surface area contributed by atoms with Gasteiger partial charge in [-0.2, -0.15) is 0 Å². The van der Waals surface area contributed by atoms with Crippen molar-refractivity contribution < 1.29 is 37.1 Å². The summed E-state index contributed by atoms with van der Waals surface area (Å²) in [4.78, 5) is 83.5. The van der Waals surface area contributed by atoms with Crippen molar-refractivity contribution in [1.82, 2.24) is 34.7 Å². The van der Waals surface area contributed by atoms with Crippen molar-refractivity contribution in [3.05, 3.63) is 106 Å². The lowest BCUT2D eigenvalue weighted by molar-refractivity contribution is -0.136. The van der Waals surface area contributed by atoms with E-state index < -0.39 is 48.1 Å². The molecular weight excluding hydrogens is 966 g/mol. The van der Waals surface area contributed by atoms with Gasteiger partial charge in [-0.15, -0.1) is 5.43 Å². The number of alkyl halides is 2. The maximum atomic E-state index is 17.9. The largest absolute Gasteiger partial charge is 0.371 e. The minimum atomic E-state index is -3.03. The molecule has 1 saturated carbocycles. The smallest absolute Gasteiger partial charge is 0.329 e. The maximum Gasteiger partial charge on any atom is 0.329 e. The van der Waals surface area contributed by atoms with Gasteiger partial charge in [-0.05, 0) is 123 Å². The molecule has 19 heteroatoms.